The first kappa shape index (κ1) is 13.9. The van der Waals surface area contributed by atoms with Crippen LogP contribution in [-0.2, 0) is 0 Å². The number of carbonyl (C=O) groups excluding carboxylic acids is 1. The van der Waals surface area contributed by atoms with E-state index in [0.717, 1.165) is 18.6 Å². The third-order valence-corrected chi connectivity index (χ3v) is 3.95. The molecule has 3 rings (SSSR count). The van der Waals surface area contributed by atoms with Gasteiger partial charge in [0, 0.05) is 19.0 Å². The lowest BCUT2D eigenvalue weighted by atomic mass is 9.96. The highest BCUT2D eigenvalue weighted by molar-refractivity contribution is 5.95. The molecule has 0 unspecified atom stereocenters. The number of piperidine rings is 1. The average molecular weight is 289 g/mol. The summed E-state index contributed by atoms with van der Waals surface area (Å²) in [5, 5.41) is 3.83. The van der Waals surface area contributed by atoms with Gasteiger partial charge in [-0.25, -0.2) is 0 Å². The number of aryl methyl sites for hydroxylation is 3. The van der Waals surface area contributed by atoms with E-state index in [1.807, 2.05) is 31.7 Å². The molecule has 0 N–H and O–H groups in total. The first-order valence-electron chi connectivity index (χ1n) is 7.21. The van der Waals surface area contributed by atoms with Crippen LogP contribution < -0.4 is 0 Å². The molecule has 1 fully saturated rings. The van der Waals surface area contributed by atoms with Crippen molar-refractivity contribution >= 4 is 5.91 Å². The lowest BCUT2D eigenvalue weighted by Gasteiger charge is -2.30. The Morgan fingerprint density at radius 2 is 2.00 bits per heavy atom. The maximum absolute atomic E-state index is 12.5. The standard InChI is InChI=1S/C15H19N3O3/c1-9-8-13(10(2)20-9)15(19)18-6-4-12(5-7-18)14-16-11(3)17-21-14/h8,12H,4-7H2,1-3H3. The number of aromatic nitrogens is 2. The van der Waals surface area contributed by atoms with E-state index in [1.54, 1.807) is 0 Å². The fourth-order valence-electron chi connectivity index (χ4n) is 2.82. The summed E-state index contributed by atoms with van der Waals surface area (Å²) in [5.74, 6) is 3.11. The number of amides is 1. The van der Waals surface area contributed by atoms with Crippen molar-refractivity contribution in [3.8, 4) is 0 Å². The first-order valence-corrected chi connectivity index (χ1v) is 7.21. The summed E-state index contributed by atoms with van der Waals surface area (Å²) < 4.78 is 10.7. The van der Waals surface area contributed by atoms with E-state index in [1.165, 1.54) is 0 Å². The molecule has 0 radical (unpaired) electrons. The second-order valence-corrected chi connectivity index (χ2v) is 5.57. The molecule has 0 spiro atoms. The Morgan fingerprint density at radius 1 is 1.29 bits per heavy atom. The summed E-state index contributed by atoms with van der Waals surface area (Å²) in [6.07, 6.45) is 1.70. The van der Waals surface area contributed by atoms with E-state index in [4.69, 9.17) is 8.94 Å². The number of rotatable bonds is 2. The predicted octanol–water partition coefficient (Wildman–Crippen LogP) is 2.61. The van der Waals surface area contributed by atoms with Crippen molar-refractivity contribution in [2.75, 3.05) is 13.1 Å². The summed E-state index contributed by atoms with van der Waals surface area (Å²) >= 11 is 0. The Bertz CT molecular complexity index is 651. The smallest absolute Gasteiger partial charge is 0.257 e. The van der Waals surface area contributed by atoms with Crippen molar-refractivity contribution in [1.29, 1.82) is 0 Å². The van der Waals surface area contributed by atoms with Crippen LogP contribution in [0.3, 0.4) is 0 Å². The van der Waals surface area contributed by atoms with Crippen LogP contribution in [0.4, 0.5) is 0 Å². The number of furan rings is 1. The molecule has 1 saturated heterocycles. The van der Waals surface area contributed by atoms with E-state index in [0.29, 0.717) is 36.1 Å². The van der Waals surface area contributed by atoms with Crippen molar-refractivity contribution in [2.24, 2.45) is 0 Å². The van der Waals surface area contributed by atoms with E-state index in [2.05, 4.69) is 10.1 Å². The van der Waals surface area contributed by atoms with Gasteiger partial charge < -0.3 is 13.8 Å². The zero-order valence-electron chi connectivity index (χ0n) is 12.5. The highest BCUT2D eigenvalue weighted by atomic mass is 16.5. The average Bonchev–Trinajstić information content (AvgIpc) is 3.04. The van der Waals surface area contributed by atoms with Gasteiger partial charge in [-0.05, 0) is 39.7 Å². The van der Waals surface area contributed by atoms with Crippen LogP contribution in [-0.4, -0.2) is 34.0 Å². The molecule has 1 amide bonds. The Kier molecular flexibility index (Phi) is 3.53. The van der Waals surface area contributed by atoms with E-state index in [-0.39, 0.29) is 11.8 Å². The molecule has 0 aliphatic carbocycles. The van der Waals surface area contributed by atoms with Gasteiger partial charge in [0.25, 0.3) is 5.91 Å². The van der Waals surface area contributed by atoms with Crippen LogP contribution >= 0.6 is 0 Å². The third kappa shape index (κ3) is 2.70. The van der Waals surface area contributed by atoms with Crippen molar-refractivity contribution in [3.63, 3.8) is 0 Å². The third-order valence-electron chi connectivity index (χ3n) is 3.95. The van der Waals surface area contributed by atoms with Crippen molar-refractivity contribution in [2.45, 2.75) is 39.5 Å². The molecule has 0 atom stereocenters. The van der Waals surface area contributed by atoms with Crippen LogP contribution in [0.15, 0.2) is 15.0 Å². The molecule has 3 heterocycles. The zero-order chi connectivity index (χ0) is 15.0. The number of nitrogens with zero attached hydrogens (tertiary/aromatic N) is 3. The van der Waals surface area contributed by atoms with Crippen molar-refractivity contribution < 1.29 is 13.7 Å². The second kappa shape index (κ2) is 5.35. The number of hydrogen-bond donors (Lipinski definition) is 0. The summed E-state index contributed by atoms with van der Waals surface area (Å²) in [4.78, 5) is 18.7. The van der Waals surface area contributed by atoms with E-state index >= 15 is 0 Å². The molecule has 112 valence electrons. The van der Waals surface area contributed by atoms with Crippen LogP contribution in [0.5, 0.6) is 0 Å². The predicted molar refractivity (Wildman–Crippen MR) is 75.1 cm³/mol. The SMILES string of the molecule is Cc1noc(C2CCN(C(=O)c3cc(C)oc3C)CC2)n1. The minimum atomic E-state index is 0.0458. The van der Waals surface area contributed by atoms with Crippen LogP contribution in [0, 0.1) is 20.8 Å². The molecule has 6 nitrogen and oxygen atoms in total. The summed E-state index contributed by atoms with van der Waals surface area (Å²) in [6.45, 7) is 6.90. The molecule has 21 heavy (non-hydrogen) atoms. The molecule has 0 bridgehead atoms. The number of carbonyl (C=O) groups is 1. The van der Waals surface area contributed by atoms with E-state index in [9.17, 15) is 4.79 Å². The van der Waals surface area contributed by atoms with E-state index < -0.39 is 0 Å². The van der Waals surface area contributed by atoms with Gasteiger partial charge in [0.2, 0.25) is 5.89 Å². The molecule has 1 aliphatic rings. The fourth-order valence-corrected chi connectivity index (χ4v) is 2.82. The highest BCUT2D eigenvalue weighted by Gasteiger charge is 2.29. The number of hydrogen-bond acceptors (Lipinski definition) is 5. The Hall–Kier alpha value is -2.11. The molecular weight excluding hydrogens is 270 g/mol. The summed E-state index contributed by atoms with van der Waals surface area (Å²) in [7, 11) is 0. The lowest BCUT2D eigenvalue weighted by Crippen LogP contribution is -2.38. The second-order valence-electron chi connectivity index (χ2n) is 5.57. The van der Waals surface area contributed by atoms with Gasteiger partial charge in [0.05, 0.1) is 5.56 Å². The summed E-state index contributed by atoms with van der Waals surface area (Å²) in [6, 6.07) is 1.81. The summed E-state index contributed by atoms with van der Waals surface area (Å²) in [5.41, 5.74) is 0.666. The minimum Gasteiger partial charge on any atom is -0.466 e. The highest BCUT2D eigenvalue weighted by Crippen LogP contribution is 2.28. The van der Waals surface area contributed by atoms with Crippen molar-refractivity contribution in [1.82, 2.24) is 15.0 Å². The molecule has 0 saturated carbocycles. The van der Waals surface area contributed by atoms with Gasteiger partial charge in [0.15, 0.2) is 5.82 Å². The quantitative estimate of drug-likeness (QED) is 0.849. The topological polar surface area (TPSA) is 72.4 Å². The molecule has 0 aromatic carbocycles. The molecular formula is C15H19N3O3. The van der Waals surface area contributed by atoms with Crippen LogP contribution in [0.2, 0.25) is 0 Å². The van der Waals surface area contributed by atoms with Gasteiger partial charge in [0.1, 0.15) is 11.5 Å². The Labute approximate surface area is 123 Å². The van der Waals surface area contributed by atoms with Gasteiger partial charge in [-0.2, -0.15) is 4.98 Å². The van der Waals surface area contributed by atoms with Crippen LogP contribution in [0.25, 0.3) is 0 Å². The molecule has 2 aromatic rings. The molecule has 6 heteroatoms. The van der Waals surface area contributed by atoms with Gasteiger partial charge in [-0.3, -0.25) is 4.79 Å². The van der Waals surface area contributed by atoms with Crippen LogP contribution in [0.1, 0.15) is 52.4 Å². The molecule has 1 aliphatic heterocycles. The largest absolute Gasteiger partial charge is 0.466 e. The van der Waals surface area contributed by atoms with Gasteiger partial charge >= 0.3 is 0 Å². The Morgan fingerprint density at radius 3 is 2.52 bits per heavy atom. The first-order chi connectivity index (χ1) is 10.0. The normalized spacial score (nSPS) is 16.4. The minimum absolute atomic E-state index is 0.0458. The monoisotopic (exact) mass is 289 g/mol. The van der Waals surface area contributed by atoms with Crippen molar-refractivity contribution in [3.05, 3.63) is 34.9 Å². The van der Waals surface area contributed by atoms with Gasteiger partial charge in [-0.15, -0.1) is 0 Å². The zero-order valence-corrected chi connectivity index (χ0v) is 12.5. The fraction of sp³-hybridized carbons (Fsp3) is 0.533. The molecule has 2 aromatic heterocycles. The maximum atomic E-state index is 12.5. The number of likely N-dealkylation sites (tertiary alicyclic amines) is 1. The lowest BCUT2D eigenvalue weighted by molar-refractivity contribution is 0.0703. The Balaban J connectivity index is 1.65. The maximum Gasteiger partial charge on any atom is 0.257 e. The van der Waals surface area contributed by atoms with Gasteiger partial charge in [-0.1, -0.05) is 5.16 Å².